The van der Waals surface area contributed by atoms with Crippen molar-refractivity contribution in [3.05, 3.63) is 5.82 Å². The molecule has 2 N–H and O–H groups in total. The number of nitrogens with one attached hydrogen (secondary N) is 1. The Morgan fingerprint density at radius 2 is 2.45 bits per heavy atom. The van der Waals surface area contributed by atoms with Gasteiger partial charge in [0, 0.05) is 18.1 Å². The van der Waals surface area contributed by atoms with Crippen molar-refractivity contribution >= 4 is 16.7 Å². The summed E-state index contributed by atoms with van der Waals surface area (Å²) in [7, 11) is 0. The van der Waals surface area contributed by atoms with Gasteiger partial charge < -0.3 is 10.4 Å². The van der Waals surface area contributed by atoms with Gasteiger partial charge in [0.05, 0.1) is 6.10 Å². The molecule has 0 saturated carbocycles. The summed E-state index contributed by atoms with van der Waals surface area (Å²) < 4.78 is 3.98. The molecule has 0 unspecified atom stereocenters. The molecule has 0 amide bonds. The maximum Gasteiger partial charge on any atom is 0.202 e. The van der Waals surface area contributed by atoms with Gasteiger partial charge in [-0.25, -0.2) is 4.98 Å². The molecule has 4 nitrogen and oxygen atoms in total. The van der Waals surface area contributed by atoms with Crippen LogP contribution in [-0.4, -0.2) is 27.1 Å². The Labute approximate surface area is 69.5 Å². The molecular weight excluding hydrogens is 162 g/mol. The first kappa shape index (κ1) is 8.42. The van der Waals surface area contributed by atoms with Crippen LogP contribution in [0.3, 0.4) is 0 Å². The smallest absolute Gasteiger partial charge is 0.202 e. The van der Waals surface area contributed by atoms with E-state index in [4.69, 9.17) is 5.11 Å². The first-order valence-corrected chi connectivity index (χ1v) is 4.18. The van der Waals surface area contributed by atoms with E-state index in [1.54, 1.807) is 6.92 Å². The monoisotopic (exact) mass is 173 g/mol. The molecule has 11 heavy (non-hydrogen) atoms. The molecule has 1 aromatic heterocycles. The number of aryl methyl sites for hydroxylation is 1. The van der Waals surface area contributed by atoms with Crippen molar-refractivity contribution in [2.45, 2.75) is 20.0 Å². The van der Waals surface area contributed by atoms with Crippen LogP contribution in [0.5, 0.6) is 0 Å². The molecule has 0 aliphatic heterocycles. The molecule has 0 saturated heterocycles. The van der Waals surface area contributed by atoms with Crippen LogP contribution in [-0.2, 0) is 0 Å². The Bertz CT molecular complexity index is 223. The molecule has 1 atom stereocenters. The zero-order valence-electron chi connectivity index (χ0n) is 6.53. The van der Waals surface area contributed by atoms with Crippen molar-refractivity contribution in [3.8, 4) is 0 Å². The minimum Gasteiger partial charge on any atom is -0.392 e. The third-order valence-corrected chi connectivity index (χ3v) is 1.84. The van der Waals surface area contributed by atoms with Gasteiger partial charge >= 0.3 is 0 Å². The first-order chi connectivity index (χ1) is 5.18. The van der Waals surface area contributed by atoms with Crippen LogP contribution in [0.4, 0.5) is 5.13 Å². The fourth-order valence-corrected chi connectivity index (χ4v) is 1.18. The Morgan fingerprint density at radius 3 is 2.91 bits per heavy atom. The molecule has 0 spiro atoms. The third-order valence-electron chi connectivity index (χ3n) is 1.08. The first-order valence-electron chi connectivity index (χ1n) is 3.40. The minimum atomic E-state index is -0.348. The second kappa shape index (κ2) is 3.64. The minimum absolute atomic E-state index is 0.348. The van der Waals surface area contributed by atoms with Gasteiger partial charge in [0.25, 0.3) is 0 Å². The SMILES string of the molecule is Cc1nsc(NC[C@H](C)O)n1. The highest BCUT2D eigenvalue weighted by molar-refractivity contribution is 7.09. The second-order valence-corrected chi connectivity index (χ2v) is 3.13. The molecule has 1 aromatic rings. The van der Waals surface area contributed by atoms with Crippen LogP contribution >= 0.6 is 11.5 Å². The number of anilines is 1. The maximum absolute atomic E-state index is 8.91. The fraction of sp³-hybridized carbons (Fsp3) is 0.667. The van der Waals surface area contributed by atoms with Crippen molar-refractivity contribution in [1.29, 1.82) is 0 Å². The molecule has 0 aliphatic rings. The van der Waals surface area contributed by atoms with Gasteiger partial charge in [-0.05, 0) is 13.8 Å². The number of nitrogens with zero attached hydrogens (tertiary/aromatic N) is 2. The zero-order chi connectivity index (χ0) is 8.27. The summed E-state index contributed by atoms with van der Waals surface area (Å²) in [6.45, 7) is 4.08. The Balaban J connectivity index is 2.39. The van der Waals surface area contributed by atoms with Crippen LogP contribution in [0.15, 0.2) is 0 Å². The van der Waals surface area contributed by atoms with E-state index in [0.29, 0.717) is 6.54 Å². The standard InChI is InChI=1S/C6H11N3OS/c1-4(10)3-7-6-8-5(2)9-11-6/h4,10H,3H2,1-2H3,(H,7,8,9)/t4-/m0/s1. The highest BCUT2D eigenvalue weighted by Gasteiger charge is 1.99. The summed E-state index contributed by atoms with van der Waals surface area (Å²) in [6, 6.07) is 0. The molecule has 0 radical (unpaired) electrons. The summed E-state index contributed by atoms with van der Waals surface area (Å²) >= 11 is 1.31. The summed E-state index contributed by atoms with van der Waals surface area (Å²) in [6.07, 6.45) is -0.348. The molecule has 1 heterocycles. The lowest BCUT2D eigenvalue weighted by atomic mass is 10.4. The maximum atomic E-state index is 8.91. The average Bonchev–Trinajstić information content (AvgIpc) is 2.31. The van der Waals surface area contributed by atoms with Crippen molar-refractivity contribution < 1.29 is 5.11 Å². The predicted molar refractivity (Wildman–Crippen MR) is 44.8 cm³/mol. The summed E-state index contributed by atoms with van der Waals surface area (Å²) in [5.74, 6) is 0.767. The largest absolute Gasteiger partial charge is 0.392 e. The summed E-state index contributed by atoms with van der Waals surface area (Å²) in [5, 5.41) is 12.6. The van der Waals surface area contributed by atoms with Gasteiger partial charge in [-0.3, -0.25) is 0 Å². The average molecular weight is 173 g/mol. The number of aromatic nitrogens is 2. The van der Waals surface area contributed by atoms with E-state index < -0.39 is 0 Å². The molecule has 0 aromatic carbocycles. The number of aliphatic hydroxyl groups is 1. The lowest BCUT2D eigenvalue weighted by Crippen LogP contribution is -2.14. The van der Waals surface area contributed by atoms with Crippen LogP contribution in [0.1, 0.15) is 12.7 Å². The number of aliphatic hydroxyl groups excluding tert-OH is 1. The van der Waals surface area contributed by atoms with E-state index in [9.17, 15) is 0 Å². The molecule has 0 fully saturated rings. The normalized spacial score (nSPS) is 13.0. The number of hydrogen-bond donors (Lipinski definition) is 2. The van der Waals surface area contributed by atoms with Crippen LogP contribution in [0, 0.1) is 6.92 Å². The molecule has 0 bridgehead atoms. The number of hydrogen-bond acceptors (Lipinski definition) is 5. The van der Waals surface area contributed by atoms with Gasteiger partial charge in [0.2, 0.25) is 5.13 Å². The van der Waals surface area contributed by atoms with Crippen molar-refractivity contribution in [1.82, 2.24) is 9.36 Å². The summed E-state index contributed by atoms with van der Waals surface area (Å²) in [4.78, 5) is 4.07. The van der Waals surface area contributed by atoms with E-state index >= 15 is 0 Å². The van der Waals surface area contributed by atoms with Gasteiger partial charge in [-0.15, -0.1) is 0 Å². The topological polar surface area (TPSA) is 58.0 Å². The zero-order valence-corrected chi connectivity index (χ0v) is 7.35. The van der Waals surface area contributed by atoms with Crippen molar-refractivity contribution in [2.24, 2.45) is 0 Å². The highest BCUT2D eigenvalue weighted by Crippen LogP contribution is 2.09. The van der Waals surface area contributed by atoms with Crippen molar-refractivity contribution in [3.63, 3.8) is 0 Å². The fourth-order valence-electron chi connectivity index (χ4n) is 0.604. The van der Waals surface area contributed by atoms with Gasteiger partial charge in [0.15, 0.2) is 0 Å². The van der Waals surface area contributed by atoms with E-state index in [1.807, 2.05) is 6.92 Å². The van der Waals surface area contributed by atoms with Crippen molar-refractivity contribution in [2.75, 3.05) is 11.9 Å². The molecule has 5 heteroatoms. The summed E-state index contributed by atoms with van der Waals surface area (Å²) in [5.41, 5.74) is 0. The van der Waals surface area contributed by atoms with Crippen LogP contribution in [0.25, 0.3) is 0 Å². The lowest BCUT2D eigenvalue weighted by molar-refractivity contribution is 0.208. The third kappa shape index (κ3) is 2.81. The van der Waals surface area contributed by atoms with E-state index in [2.05, 4.69) is 14.7 Å². The quantitative estimate of drug-likeness (QED) is 0.704. The Hall–Kier alpha value is -0.680. The Kier molecular flexibility index (Phi) is 2.78. The van der Waals surface area contributed by atoms with E-state index in [0.717, 1.165) is 11.0 Å². The molecular formula is C6H11N3OS. The van der Waals surface area contributed by atoms with E-state index in [1.165, 1.54) is 11.5 Å². The van der Waals surface area contributed by atoms with E-state index in [-0.39, 0.29) is 6.10 Å². The van der Waals surface area contributed by atoms with Gasteiger partial charge in [-0.1, -0.05) is 0 Å². The van der Waals surface area contributed by atoms with Crippen LogP contribution < -0.4 is 5.32 Å². The predicted octanol–water partition coefficient (Wildman–Crippen LogP) is 0.639. The van der Waals surface area contributed by atoms with Crippen LogP contribution in [0.2, 0.25) is 0 Å². The van der Waals surface area contributed by atoms with Gasteiger partial charge in [0.1, 0.15) is 5.82 Å². The molecule has 62 valence electrons. The Morgan fingerprint density at radius 1 is 1.73 bits per heavy atom. The molecule has 1 rings (SSSR count). The lowest BCUT2D eigenvalue weighted by Gasteiger charge is -2.02. The van der Waals surface area contributed by atoms with Gasteiger partial charge in [-0.2, -0.15) is 4.37 Å². The second-order valence-electron chi connectivity index (χ2n) is 2.38. The highest BCUT2D eigenvalue weighted by atomic mass is 32.1. The number of rotatable bonds is 3. The molecule has 0 aliphatic carbocycles.